The van der Waals surface area contributed by atoms with Crippen LogP contribution in [0.2, 0.25) is 5.02 Å². The van der Waals surface area contributed by atoms with Gasteiger partial charge in [0.25, 0.3) is 5.91 Å². The van der Waals surface area contributed by atoms with E-state index < -0.39 is 0 Å². The monoisotopic (exact) mass is 291 g/mol. The first-order valence-electron chi connectivity index (χ1n) is 7.00. The Balaban J connectivity index is 2.05. The smallest absolute Gasteiger partial charge is 0.290 e. The van der Waals surface area contributed by atoms with Gasteiger partial charge in [-0.25, -0.2) is 0 Å². The number of hydrogen-bond acceptors (Lipinski definition) is 2. The lowest BCUT2D eigenvalue weighted by atomic mass is 10.1. The summed E-state index contributed by atoms with van der Waals surface area (Å²) in [5.74, 6) is 0.440. The van der Waals surface area contributed by atoms with Crippen LogP contribution >= 0.6 is 11.6 Å². The van der Waals surface area contributed by atoms with Crippen LogP contribution in [0, 0.1) is 6.92 Å². The van der Waals surface area contributed by atoms with Crippen LogP contribution in [-0.2, 0) is 0 Å². The highest BCUT2D eigenvalue weighted by Crippen LogP contribution is 2.33. The van der Waals surface area contributed by atoms with Crippen molar-refractivity contribution in [2.75, 3.05) is 0 Å². The zero-order valence-corrected chi connectivity index (χ0v) is 12.7. The van der Waals surface area contributed by atoms with Crippen LogP contribution < -0.4 is 0 Å². The number of carbonyl (C=O) groups is 1. The molecule has 3 rings (SSSR count). The maximum Gasteiger partial charge on any atom is 0.290 e. The molecule has 0 unspecified atom stereocenters. The summed E-state index contributed by atoms with van der Waals surface area (Å²) < 4.78 is 5.77. The number of aryl methyl sites for hydroxylation is 1. The molecule has 0 spiro atoms. The minimum atomic E-state index is -0.00711. The van der Waals surface area contributed by atoms with Crippen LogP contribution in [0.3, 0.4) is 0 Å². The average molecular weight is 292 g/mol. The van der Waals surface area contributed by atoms with Gasteiger partial charge in [0.1, 0.15) is 5.58 Å². The number of nitrogens with zero attached hydrogens (tertiary/aromatic N) is 1. The van der Waals surface area contributed by atoms with E-state index in [0.29, 0.717) is 16.8 Å². The number of carbonyl (C=O) groups excluding carboxylic acids is 1. The third kappa shape index (κ3) is 2.20. The maximum atomic E-state index is 12.7. The number of benzene rings is 1. The predicted molar refractivity (Wildman–Crippen MR) is 80.3 cm³/mol. The van der Waals surface area contributed by atoms with Crippen LogP contribution in [0.4, 0.5) is 0 Å². The molecule has 0 aliphatic heterocycles. The summed E-state index contributed by atoms with van der Waals surface area (Å²) in [6.45, 7) is 6.01. The van der Waals surface area contributed by atoms with Crippen LogP contribution in [0.25, 0.3) is 11.0 Å². The maximum absolute atomic E-state index is 12.7. The van der Waals surface area contributed by atoms with Gasteiger partial charge in [-0.3, -0.25) is 4.79 Å². The van der Waals surface area contributed by atoms with Crippen LogP contribution in [0.5, 0.6) is 0 Å². The minimum absolute atomic E-state index is 0.00711. The average Bonchev–Trinajstić information content (AvgIpc) is 3.15. The zero-order valence-electron chi connectivity index (χ0n) is 11.9. The summed E-state index contributed by atoms with van der Waals surface area (Å²) in [4.78, 5) is 14.7. The van der Waals surface area contributed by atoms with Crippen LogP contribution in [-0.4, -0.2) is 22.9 Å². The molecule has 1 aromatic carbocycles. The SMILES string of the molecule is Cc1c(C(=O)N(C(C)C)C2CC2)oc2ccc(Cl)cc12. The Bertz CT molecular complexity index is 668. The molecule has 1 saturated carbocycles. The quantitative estimate of drug-likeness (QED) is 0.839. The first-order valence-corrected chi connectivity index (χ1v) is 7.38. The summed E-state index contributed by atoms with van der Waals surface area (Å²) >= 11 is 6.02. The van der Waals surface area contributed by atoms with Crippen molar-refractivity contribution in [3.8, 4) is 0 Å². The van der Waals surface area contributed by atoms with Crippen molar-refractivity contribution in [3.05, 3.63) is 34.5 Å². The van der Waals surface area contributed by atoms with Gasteiger partial charge in [0.05, 0.1) is 0 Å². The second kappa shape index (κ2) is 4.81. The standard InChI is InChI=1S/C16H18ClNO2/c1-9(2)18(12-5-6-12)16(19)15-10(3)13-8-11(17)4-7-14(13)20-15/h4,7-9,12H,5-6H2,1-3H3. The molecule has 0 radical (unpaired) electrons. The first-order chi connectivity index (χ1) is 9.49. The molecular formula is C16H18ClNO2. The van der Waals surface area contributed by atoms with Crippen molar-refractivity contribution >= 4 is 28.5 Å². The lowest BCUT2D eigenvalue weighted by Gasteiger charge is -2.25. The van der Waals surface area contributed by atoms with E-state index in [0.717, 1.165) is 29.4 Å². The van der Waals surface area contributed by atoms with E-state index in [2.05, 4.69) is 0 Å². The number of halogens is 1. The lowest BCUT2D eigenvalue weighted by Crippen LogP contribution is -2.38. The number of fused-ring (bicyclic) bond motifs is 1. The topological polar surface area (TPSA) is 33.5 Å². The summed E-state index contributed by atoms with van der Waals surface area (Å²) in [6, 6.07) is 6.01. The molecule has 0 saturated heterocycles. The zero-order chi connectivity index (χ0) is 14.4. The largest absolute Gasteiger partial charge is 0.451 e. The van der Waals surface area contributed by atoms with Gasteiger partial charge in [-0.15, -0.1) is 0 Å². The highest BCUT2D eigenvalue weighted by atomic mass is 35.5. The minimum Gasteiger partial charge on any atom is -0.451 e. The Morgan fingerprint density at radius 1 is 1.40 bits per heavy atom. The molecular weight excluding hydrogens is 274 g/mol. The lowest BCUT2D eigenvalue weighted by molar-refractivity contribution is 0.0659. The van der Waals surface area contributed by atoms with E-state index >= 15 is 0 Å². The molecule has 1 aliphatic rings. The third-order valence-electron chi connectivity index (χ3n) is 3.82. The van der Waals surface area contributed by atoms with Gasteiger partial charge in [0, 0.05) is 28.1 Å². The van der Waals surface area contributed by atoms with Crippen molar-refractivity contribution in [3.63, 3.8) is 0 Å². The molecule has 0 atom stereocenters. The third-order valence-corrected chi connectivity index (χ3v) is 4.06. The van der Waals surface area contributed by atoms with Crippen molar-refractivity contribution < 1.29 is 9.21 Å². The summed E-state index contributed by atoms with van der Waals surface area (Å²) in [7, 11) is 0. The van der Waals surface area contributed by atoms with Gasteiger partial charge in [-0.2, -0.15) is 0 Å². The van der Waals surface area contributed by atoms with Crippen LogP contribution in [0.15, 0.2) is 22.6 Å². The van der Waals surface area contributed by atoms with Crippen molar-refractivity contribution in [2.45, 2.75) is 45.7 Å². The molecule has 4 heteroatoms. The Hall–Kier alpha value is -1.48. The molecule has 1 heterocycles. The van der Waals surface area contributed by atoms with Crippen molar-refractivity contribution in [2.24, 2.45) is 0 Å². The second-order valence-electron chi connectivity index (χ2n) is 5.73. The fourth-order valence-electron chi connectivity index (χ4n) is 2.69. The molecule has 20 heavy (non-hydrogen) atoms. The highest BCUT2D eigenvalue weighted by molar-refractivity contribution is 6.31. The van der Waals surface area contributed by atoms with E-state index in [9.17, 15) is 4.79 Å². The summed E-state index contributed by atoms with van der Waals surface area (Å²) in [6.07, 6.45) is 2.18. The molecule has 1 aromatic heterocycles. The molecule has 0 N–H and O–H groups in total. The van der Waals surface area contributed by atoms with Gasteiger partial charge in [-0.1, -0.05) is 11.6 Å². The Morgan fingerprint density at radius 2 is 2.10 bits per heavy atom. The molecule has 1 amide bonds. The van der Waals surface area contributed by atoms with E-state index in [4.69, 9.17) is 16.0 Å². The Labute approximate surface area is 123 Å². The molecule has 1 aliphatic carbocycles. The van der Waals surface area contributed by atoms with E-state index in [-0.39, 0.29) is 11.9 Å². The van der Waals surface area contributed by atoms with Crippen LogP contribution in [0.1, 0.15) is 42.8 Å². The number of amides is 1. The van der Waals surface area contributed by atoms with E-state index in [1.807, 2.05) is 37.8 Å². The van der Waals surface area contributed by atoms with Gasteiger partial charge in [0.15, 0.2) is 5.76 Å². The second-order valence-corrected chi connectivity index (χ2v) is 6.17. The molecule has 106 valence electrons. The fourth-order valence-corrected chi connectivity index (χ4v) is 2.86. The van der Waals surface area contributed by atoms with Gasteiger partial charge in [-0.05, 0) is 51.8 Å². The van der Waals surface area contributed by atoms with E-state index in [1.165, 1.54) is 0 Å². The molecule has 1 fully saturated rings. The normalized spacial score (nSPS) is 15.1. The van der Waals surface area contributed by atoms with Gasteiger partial charge < -0.3 is 9.32 Å². The summed E-state index contributed by atoms with van der Waals surface area (Å²) in [5.41, 5.74) is 1.59. The van der Waals surface area contributed by atoms with Gasteiger partial charge in [0.2, 0.25) is 0 Å². The fraction of sp³-hybridized carbons (Fsp3) is 0.438. The molecule has 0 bridgehead atoms. The Morgan fingerprint density at radius 3 is 2.70 bits per heavy atom. The highest BCUT2D eigenvalue weighted by Gasteiger charge is 2.36. The van der Waals surface area contributed by atoms with Crippen molar-refractivity contribution in [1.82, 2.24) is 4.90 Å². The number of rotatable bonds is 3. The molecule has 2 aromatic rings. The Kier molecular flexibility index (Phi) is 3.25. The van der Waals surface area contributed by atoms with Gasteiger partial charge >= 0.3 is 0 Å². The number of hydrogen-bond donors (Lipinski definition) is 0. The first kappa shape index (κ1) is 13.5. The number of furan rings is 1. The molecule has 3 nitrogen and oxygen atoms in total. The van der Waals surface area contributed by atoms with E-state index in [1.54, 1.807) is 6.07 Å². The summed E-state index contributed by atoms with van der Waals surface area (Å²) in [5, 5.41) is 1.57. The predicted octanol–water partition coefficient (Wildman–Crippen LogP) is 4.41. The van der Waals surface area contributed by atoms with Crippen molar-refractivity contribution in [1.29, 1.82) is 0 Å².